The van der Waals surface area contributed by atoms with Crippen LogP contribution in [0.1, 0.15) is 39.3 Å². The molecule has 0 radical (unpaired) electrons. The van der Waals surface area contributed by atoms with Gasteiger partial charge in [0, 0.05) is 10.9 Å². The Hall–Kier alpha value is -2.18. The van der Waals surface area contributed by atoms with Crippen molar-refractivity contribution >= 4 is 28.2 Å². The molecular weight excluding hydrogens is 324 g/mol. The highest BCUT2D eigenvalue weighted by molar-refractivity contribution is 7.16. The maximum absolute atomic E-state index is 12.2. The number of methoxy groups -OCH3 is 1. The highest BCUT2D eigenvalue weighted by Crippen LogP contribution is 2.32. The lowest BCUT2D eigenvalue weighted by molar-refractivity contribution is -0.115. The number of hydrogen-bond acceptors (Lipinski definition) is 5. The van der Waals surface area contributed by atoms with Crippen molar-refractivity contribution in [2.45, 2.75) is 26.8 Å². The van der Waals surface area contributed by atoms with Crippen LogP contribution in [0.2, 0.25) is 0 Å². The topological polar surface area (TPSA) is 67.4 Å². The molecule has 0 aliphatic heterocycles. The molecule has 2 aromatic rings. The van der Waals surface area contributed by atoms with E-state index in [9.17, 15) is 9.59 Å². The van der Waals surface area contributed by atoms with E-state index in [1.165, 1.54) is 18.4 Å². The van der Waals surface area contributed by atoms with Crippen LogP contribution in [0.15, 0.2) is 30.3 Å². The summed E-state index contributed by atoms with van der Waals surface area (Å²) in [7, 11) is 1.34. The van der Waals surface area contributed by atoms with Crippen molar-refractivity contribution in [2.24, 2.45) is 0 Å². The molecule has 2 N–H and O–H groups in total. The van der Waals surface area contributed by atoms with Gasteiger partial charge in [-0.2, -0.15) is 0 Å². The Morgan fingerprint density at radius 3 is 2.50 bits per heavy atom. The largest absolute Gasteiger partial charge is 0.465 e. The van der Waals surface area contributed by atoms with E-state index in [1.54, 1.807) is 0 Å². The van der Waals surface area contributed by atoms with Crippen molar-refractivity contribution in [3.63, 3.8) is 0 Å². The Kier molecular flexibility index (Phi) is 6.11. The first-order valence-electron chi connectivity index (χ1n) is 7.70. The summed E-state index contributed by atoms with van der Waals surface area (Å²) in [6.07, 6.45) is 0. The third-order valence-electron chi connectivity index (χ3n) is 3.90. The van der Waals surface area contributed by atoms with E-state index in [1.807, 2.05) is 51.1 Å². The second-order valence-electron chi connectivity index (χ2n) is 5.54. The molecule has 1 heterocycles. The number of ether oxygens (including phenoxy) is 1. The number of carbonyl (C=O) groups excluding carboxylic acids is 2. The number of esters is 1. The first-order chi connectivity index (χ1) is 11.4. The molecular formula is C18H22N2O3S. The first kappa shape index (κ1) is 18.2. The van der Waals surface area contributed by atoms with Crippen LogP contribution in [-0.2, 0) is 9.53 Å². The van der Waals surface area contributed by atoms with Crippen molar-refractivity contribution < 1.29 is 14.3 Å². The molecule has 0 aliphatic rings. The quantitative estimate of drug-likeness (QED) is 0.786. The van der Waals surface area contributed by atoms with Crippen LogP contribution >= 0.6 is 11.3 Å². The van der Waals surface area contributed by atoms with Gasteiger partial charge in [0.25, 0.3) is 0 Å². The maximum atomic E-state index is 12.2. The molecule has 1 aromatic heterocycles. The van der Waals surface area contributed by atoms with Crippen molar-refractivity contribution in [3.8, 4) is 0 Å². The molecule has 6 heteroatoms. The van der Waals surface area contributed by atoms with E-state index in [0.29, 0.717) is 10.6 Å². The van der Waals surface area contributed by atoms with E-state index in [0.717, 1.165) is 16.0 Å². The normalized spacial score (nSPS) is 11.8. The number of nitrogens with one attached hydrogen (secondary N) is 2. The number of rotatable bonds is 6. The minimum absolute atomic E-state index is 0.0591. The highest BCUT2D eigenvalue weighted by Gasteiger charge is 2.21. The van der Waals surface area contributed by atoms with Gasteiger partial charge in [-0.25, -0.2) is 4.79 Å². The summed E-state index contributed by atoms with van der Waals surface area (Å²) in [6, 6.07) is 9.97. The summed E-state index contributed by atoms with van der Waals surface area (Å²) in [5.41, 5.74) is 2.39. The zero-order valence-electron chi connectivity index (χ0n) is 14.3. The van der Waals surface area contributed by atoms with Crippen LogP contribution in [0.25, 0.3) is 0 Å². The van der Waals surface area contributed by atoms with Gasteiger partial charge in [0.1, 0.15) is 5.00 Å². The molecule has 5 nitrogen and oxygen atoms in total. The number of thiophene rings is 1. The van der Waals surface area contributed by atoms with Gasteiger partial charge in [0.15, 0.2) is 0 Å². The van der Waals surface area contributed by atoms with Gasteiger partial charge in [0.2, 0.25) is 5.91 Å². The number of hydrogen-bond donors (Lipinski definition) is 2. The third kappa shape index (κ3) is 4.21. The Labute approximate surface area is 146 Å². The predicted octanol–water partition coefficient (Wildman–Crippen LogP) is 3.44. The standard InChI is InChI=1S/C18H22N2O3S/c1-11-13(3)24-17(16(11)18(22)23-4)20-15(21)10-19-12(2)14-8-6-5-7-9-14/h5-9,12,19H,10H2,1-4H3,(H,20,21)/t12-/m0/s1. The molecule has 1 amide bonds. The summed E-state index contributed by atoms with van der Waals surface area (Å²) in [4.78, 5) is 25.1. The van der Waals surface area contributed by atoms with Crippen LogP contribution in [-0.4, -0.2) is 25.5 Å². The molecule has 0 spiro atoms. The Morgan fingerprint density at radius 1 is 1.21 bits per heavy atom. The zero-order chi connectivity index (χ0) is 17.7. The van der Waals surface area contributed by atoms with Gasteiger partial charge in [-0.05, 0) is 31.9 Å². The average molecular weight is 346 g/mol. The van der Waals surface area contributed by atoms with Crippen LogP contribution in [0, 0.1) is 13.8 Å². The van der Waals surface area contributed by atoms with Crippen molar-refractivity contribution in [1.82, 2.24) is 5.32 Å². The molecule has 128 valence electrons. The Bertz CT molecular complexity index is 725. The highest BCUT2D eigenvalue weighted by atomic mass is 32.1. The van der Waals surface area contributed by atoms with Crippen LogP contribution in [0.4, 0.5) is 5.00 Å². The summed E-state index contributed by atoms with van der Waals surface area (Å²) in [5.74, 6) is -0.623. The van der Waals surface area contributed by atoms with E-state index in [2.05, 4.69) is 10.6 Å². The molecule has 1 atom stereocenters. The lowest BCUT2D eigenvalue weighted by Crippen LogP contribution is -2.30. The summed E-state index contributed by atoms with van der Waals surface area (Å²) in [5, 5.41) is 6.53. The number of aryl methyl sites for hydroxylation is 1. The lowest BCUT2D eigenvalue weighted by atomic mass is 10.1. The van der Waals surface area contributed by atoms with Gasteiger partial charge in [-0.15, -0.1) is 11.3 Å². The van der Waals surface area contributed by atoms with Gasteiger partial charge >= 0.3 is 5.97 Å². The molecule has 0 bridgehead atoms. The van der Waals surface area contributed by atoms with Crippen molar-refractivity contribution in [2.75, 3.05) is 19.0 Å². The third-order valence-corrected chi connectivity index (χ3v) is 5.02. The van der Waals surface area contributed by atoms with E-state index in [-0.39, 0.29) is 18.5 Å². The summed E-state index contributed by atoms with van der Waals surface area (Å²) in [6.45, 7) is 5.93. The molecule has 1 aromatic carbocycles. The van der Waals surface area contributed by atoms with Gasteiger partial charge in [-0.1, -0.05) is 30.3 Å². The number of benzene rings is 1. The predicted molar refractivity (Wildman–Crippen MR) is 96.6 cm³/mol. The lowest BCUT2D eigenvalue weighted by Gasteiger charge is -2.14. The van der Waals surface area contributed by atoms with Crippen LogP contribution in [0.5, 0.6) is 0 Å². The molecule has 0 fully saturated rings. The minimum atomic E-state index is -0.433. The Morgan fingerprint density at radius 2 is 1.88 bits per heavy atom. The molecule has 0 unspecified atom stereocenters. The van der Waals surface area contributed by atoms with Crippen molar-refractivity contribution in [3.05, 3.63) is 51.9 Å². The summed E-state index contributed by atoms with van der Waals surface area (Å²) >= 11 is 1.38. The number of amides is 1. The second kappa shape index (κ2) is 8.08. The fourth-order valence-electron chi connectivity index (χ4n) is 2.34. The van der Waals surface area contributed by atoms with Gasteiger partial charge < -0.3 is 15.4 Å². The van der Waals surface area contributed by atoms with E-state index < -0.39 is 5.97 Å². The second-order valence-corrected chi connectivity index (χ2v) is 6.77. The fraction of sp³-hybridized carbons (Fsp3) is 0.333. The van der Waals surface area contributed by atoms with Crippen LogP contribution < -0.4 is 10.6 Å². The molecule has 24 heavy (non-hydrogen) atoms. The monoisotopic (exact) mass is 346 g/mol. The molecule has 0 saturated heterocycles. The SMILES string of the molecule is COC(=O)c1c(NC(=O)CN[C@@H](C)c2ccccc2)sc(C)c1C. The average Bonchev–Trinajstić information content (AvgIpc) is 2.86. The number of anilines is 1. The molecule has 2 rings (SSSR count). The Balaban J connectivity index is 2.00. The maximum Gasteiger partial charge on any atom is 0.341 e. The van der Waals surface area contributed by atoms with E-state index in [4.69, 9.17) is 4.74 Å². The number of carbonyl (C=O) groups is 2. The van der Waals surface area contributed by atoms with Gasteiger partial charge in [-0.3, -0.25) is 4.79 Å². The minimum Gasteiger partial charge on any atom is -0.465 e. The van der Waals surface area contributed by atoms with Gasteiger partial charge in [0.05, 0.1) is 19.2 Å². The van der Waals surface area contributed by atoms with Crippen molar-refractivity contribution in [1.29, 1.82) is 0 Å². The van der Waals surface area contributed by atoms with Crippen LogP contribution in [0.3, 0.4) is 0 Å². The molecule has 0 aliphatic carbocycles. The smallest absolute Gasteiger partial charge is 0.341 e. The van der Waals surface area contributed by atoms with E-state index >= 15 is 0 Å². The zero-order valence-corrected chi connectivity index (χ0v) is 15.1. The first-order valence-corrected chi connectivity index (χ1v) is 8.52. The summed E-state index contributed by atoms with van der Waals surface area (Å²) < 4.78 is 4.81. The fourth-order valence-corrected chi connectivity index (χ4v) is 3.40. The molecule has 0 saturated carbocycles.